The summed E-state index contributed by atoms with van der Waals surface area (Å²) in [6.45, 7) is 7.94. The zero-order valence-electron chi connectivity index (χ0n) is 16.5. The number of hydrogen-bond acceptors (Lipinski definition) is 6. The first-order valence-corrected chi connectivity index (χ1v) is 11.8. The first kappa shape index (κ1) is 21.4. The van der Waals surface area contributed by atoms with E-state index in [1.807, 2.05) is 20.8 Å². The SMILES string of the molecule is Cc1csc(=O)n1CCC(=O)N1CCN(S(=O)(=O)N2CC(C)OC(C)C2)CC1. The van der Waals surface area contributed by atoms with Crippen LogP contribution in [0.4, 0.5) is 0 Å². The number of aryl methyl sites for hydroxylation is 1. The molecule has 1 aromatic rings. The van der Waals surface area contributed by atoms with E-state index in [1.54, 1.807) is 14.8 Å². The molecule has 9 nitrogen and oxygen atoms in total. The van der Waals surface area contributed by atoms with Gasteiger partial charge in [0.25, 0.3) is 10.2 Å². The van der Waals surface area contributed by atoms with Gasteiger partial charge in [-0.25, -0.2) is 0 Å². The Morgan fingerprint density at radius 3 is 2.29 bits per heavy atom. The minimum atomic E-state index is -3.55. The highest BCUT2D eigenvalue weighted by molar-refractivity contribution is 7.86. The summed E-state index contributed by atoms with van der Waals surface area (Å²) in [5.74, 6) is -0.0526. The second-order valence-corrected chi connectivity index (χ2v) is 10.2. The molecule has 0 saturated carbocycles. The minimum Gasteiger partial charge on any atom is -0.373 e. The topological polar surface area (TPSA) is 92.2 Å². The summed E-state index contributed by atoms with van der Waals surface area (Å²) in [5, 5.41) is 1.78. The molecule has 0 radical (unpaired) electrons. The number of ether oxygens (including phenoxy) is 1. The average Bonchev–Trinajstić information content (AvgIpc) is 2.97. The molecule has 2 aliphatic rings. The van der Waals surface area contributed by atoms with Crippen LogP contribution in [0.1, 0.15) is 26.0 Å². The number of piperazine rings is 1. The van der Waals surface area contributed by atoms with Gasteiger partial charge in [0.1, 0.15) is 0 Å². The Morgan fingerprint density at radius 2 is 1.75 bits per heavy atom. The number of thiazole rings is 1. The third-order valence-electron chi connectivity index (χ3n) is 5.16. The van der Waals surface area contributed by atoms with Crippen LogP contribution >= 0.6 is 11.3 Å². The number of amides is 1. The molecule has 2 atom stereocenters. The first-order valence-electron chi connectivity index (χ1n) is 9.52. The largest absolute Gasteiger partial charge is 0.373 e. The number of carbonyl (C=O) groups excluding carboxylic acids is 1. The maximum absolute atomic E-state index is 12.9. The lowest BCUT2D eigenvalue weighted by Crippen LogP contribution is -2.57. The summed E-state index contributed by atoms with van der Waals surface area (Å²) in [7, 11) is -3.55. The van der Waals surface area contributed by atoms with E-state index < -0.39 is 10.2 Å². The molecule has 0 aliphatic carbocycles. The lowest BCUT2D eigenvalue weighted by atomic mass is 10.3. The van der Waals surface area contributed by atoms with Crippen LogP contribution in [0.2, 0.25) is 0 Å². The zero-order chi connectivity index (χ0) is 20.5. The molecule has 2 fully saturated rings. The number of nitrogens with zero attached hydrogens (tertiary/aromatic N) is 4. The van der Waals surface area contributed by atoms with Crippen LogP contribution in [0.5, 0.6) is 0 Å². The van der Waals surface area contributed by atoms with Crippen LogP contribution in [-0.2, 0) is 26.3 Å². The number of aromatic nitrogens is 1. The number of hydrogen-bond donors (Lipinski definition) is 0. The van der Waals surface area contributed by atoms with Gasteiger partial charge < -0.3 is 14.2 Å². The van der Waals surface area contributed by atoms with Gasteiger partial charge in [0.15, 0.2) is 0 Å². The smallest absolute Gasteiger partial charge is 0.307 e. The van der Waals surface area contributed by atoms with Gasteiger partial charge in [-0.3, -0.25) is 9.59 Å². The molecule has 0 spiro atoms. The van der Waals surface area contributed by atoms with E-state index in [4.69, 9.17) is 4.74 Å². The van der Waals surface area contributed by atoms with Crippen molar-refractivity contribution in [2.45, 2.75) is 45.9 Å². The van der Waals surface area contributed by atoms with Gasteiger partial charge in [-0.1, -0.05) is 11.3 Å². The predicted molar refractivity (Wildman–Crippen MR) is 107 cm³/mol. The Labute approximate surface area is 169 Å². The van der Waals surface area contributed by atoms with Crippen LogP contribution in [-0.4, -0.2) is 83.9 Å². The van der Waals surface area contributed by atoms with Gasteiger partial charge in [-0.2, -0.15) is 17.0 Å². The summed E-state index contributed by atoms with van der Waals surface area (Å²) in [5.41, 5.74) is 0.854. The van der Waals surface area contributed by atoms with Crippen molar-refractivity contribution in [2.75, 3.05) is 39.3 Å². The van der Waals surface area contributed by atoms with E-state index >= 15 is 0 Å². The molecule has 0 aromatic carbocycles. The van der Waals surface area contributed by atoms with E-state index in [9.17, 15) is 18.0 Å². The molecule has 0 bridgehead atoms. The van der Waals surface area contributed by atoms with Crippen molar-refractivity contribution in [2.24, 2.45) is 0 Å². The first-order chi connectivity index (χ1) is 13.2. The average molecular weight is 433 g/mol. The van der Waals surface area contributed by atoms with Crippen LogP contribution < -0.4 is 4.87 Å². The summed E-state index contributed by atoms with van der Waals surface area (Å²) >= 11 is 1.13. The normalized spacial score (nSPS) is 25.2. The van der Waals surface area contributed by atoms with E-state index in [-0.39, 0.29) is 42.5 Å². The molecule has 2 saturated heterocycles. The minimum absolute atomic E-state index is 0.0526. The Balaban J connectivity index is 1.53. The molecular weight excluding hydrogens is 404 g/mol. The molecular formula is C17H28N4O5S2. The maximum atomic E-state index is 12.9. The standard InChI is InChI=1S/C17H28N4O5S2/c1-13-12-27-17(23)21(13)5-4-16(22)18-6-8-19(9-7-18)28(24,25)20-10-14(2)26-15(3)11-20/h12,14-15H,4-11H2,1-3H3. The van der Waals surface area contributed by atoms with Crippen molar-refractivity contribution in [3.05, 3.63) is 20.7 Å². The van der Waals surface area contributed by atoms with Gasteiger partial charge in [0.2, 0.25) is 5.91 Å². The number of carbonyl (C=O) groups is 1. The molecule has 158 valence electrons. The van der Waals surface area contributed by atoms with Gasteiger partial charge in [0.05, 0.1) is 12.2 Å². The quantitative estimate of drug-likeness (QED) is 0.658. The predicted octanol–water partition coefficient (Wildman–Crippen LogP) is 0.107. The molecule has 3 heterocycles. The Morgan fingerprint density at radius 1 is 1.14 bits per heavy atom. The summed E-state index contributed by atoms with van der Waals surface area (Å²) in [6, 6.07) is 0. The van der Waals surface area contributed by atoms with Crippen LogP contribution in [0.15, 0.2) is 10.2 Å². The highest BCUT2D eigenvalue weighted by Gasteiger charge is 2.37. The fourth-order valence-corrected chi connectivity index (χ4v) is 6.20. The Hall–Kier alpha value is -1.27. The Kier molecular flexibility index (Phi) is 6.60. The third-order valence-corrected chi connectivity index (χ3v) is 8.01. The highest BCUT2D eigenvalue weighted by Crippen LogP contribution is 2.19. The molecule has 1 aromatic heterocycles. The lowest BCUT2D eigenvalue weighted by Gasteiger charge is -2.40. The molecule has 2 aliphatic heterocycles. The monoisotopic (exact) mass is 432 g/mol. The van der Waals surface area contributed by atoms with Crippen molar-refractivity contribution < 1.29 is 17.9 Å². The molecule has 1 amide bonds. The number of rotatable bonds is 5. The second-order valence-electron chi connectivity index (χ2n) is 7.41. The fourth-order valence-electron chi connectivity index (χ4n) is 3.69. The zero-order valence-corrected chi connectivity index (χ0v) is 18.2. The maximum Gasteiger partial charge on any atom is 0.307 e. The molecule has 2 unspecified atom stereocenters. The van der Waals surface area contributed by atoms with Crippen molar-refractivity contribution in [1.29, 1.82) is 0 Å². The van der Waals surface area contributed by atoms with E-state index in [2.05, 4.69) is 0 Å². The van der Waals surface area contributed by atoms with Crippen molar-refractivity contribution in [3.63, 3.8) is 0 Å². The Bertz CT molecular complexity index is 847. The van der Waals surface area contributed by atoms with Gasteiger partial charge in [-0.05, 0) is 20.8 Å². The van der Waals surface area contributed by atoms with Gasteiger partial charge >= 0.3 is 4.87 Å². The molecule has 3 rings (SSSR count). The summed E-state index contributed by atoms with van der Waals surface area (Å²) < 4.78 is 36.0. The summed E-state index contributed by atoms with van der Waals surface area (Å²) in [4.78, 5) is 25.9. The van der Waals surface area contributed by atoms with Crippen molar-refractivity contribution >= 4 is 27.5 Å². The van der Waals surface area contributed by atoms with E-state index in [0.717, 1.165) is 17.0 Å². The molecule has 28 heavy (non-hydrogen) atoms. The summed E-state index contributed by atoms with van der Waals surface area (Å²) in [6.07, 6.45) is -0.0290. The van der Waals surface area contributed by atoms with Gasteiger partial charge in [-0.15, -0.1) is 0 Å². The molecule has 0 N–H and O–H groups in total. The second kappa shape index (κ2) is 8.62. The number of morpholine rings is 1. The van der Waals surface area contributed by atoms with E-state index in [1.165, 1.54) is 8.61 Å². The van der Waals surface area contributed by atoms with E-state index in [0.29, 0.717) is 32.7 Å². The lowest BCUT2D eigenvalue weighted by molar-refractivity contribution is -0.132. The highest BCUT2D eigenvalue weighted by atomic mass is 32.2. The third kappa shape index (κ3) is 4.65. The van der Waals surface area contributed by atoms with Crippen LogP contribution in [0, 0.1) is 6.92 Å². The molecule has 11 heteroatoms. The van der Waals surface area contributed by atoms with Crippen molar-refractivity contribution in [3.8, 4) is 0 Å². The van der Waals surface area contributed by atoms with Crippen LogP contribution in [0.3, 0.4) is 0 Å². The van der Waals surface area contributed by atoms with Crippen molar-refractivity contribution in [1.82, 2.24) is 18.1 Å². The fraction of sp³-hybridized carbons (Fsp3) is 0.765. The van der Waals surface area contributed by atoms with Gasteiger partial charge in [0, 0.05) is 63.3 Å². The van der Waals surface area contributed by atoms with Crippen LogP contribution in [0.25, 0.3) is 0 Å².